The number of imidazole rings is 1. The van der Waals surface area contributed by atoms with E-state index in [9.17, 15) is 0 Å². The minimum atomic E-state index is 0.436. The summed E-state index contributed by atoms with van der Waals surface area (Å²) in [5, 5.41) is 3.70. The second-order valence-corrected chi connectivity index (χ2v) is 6.34. The molecule has 0 amide bonds. The summed E-state index contributed by atoms with van der Waals surface area (Å²) in [6.07, 6.45) is 10.6. The van der Waals surface area contributed by atoms with E-state index < -0.39 is 0 Å². The SMILES string of the molecule is Cc1cccn2cc(CCNC3CCCc4ncccc43)nc12. The Kier molecular flexibility index (Phi) is 3.83. The highest BCUT2D eigenvalue weighted by molar-refractivity contribution is 5.47. The summed E-state index contributed by atoms with van der Waals surface area (Å²) in [4.78, 5) is 9.27. The molecule has 0 radical (unpaired) electrons. The Morgan fingerprint density at radius 1 is 1.30 bits per heavy atom. The van der Waals surface area contributed by atoms with Crippen LogP contribution < -0.4 is 5.32 Å². The minimum absolute atomic E-state index is 0.436. The van der Waals surface area contributed by atoms with Gasteiger partial charge in [0.2, 0.25) is 0 Å². The maximum absolute atomic E-state index is 4.75. The van der Waals surface area contributed by atoms with Crippen molar-refractivity contribution in [3.05, 3.63) is 65.4 Å². The van der Waals surface area contributed by atoms with Gasteiger partial charge in [-0.3, -0.25) is 4.98 Å². The first kappa shape index (κ1) is 14.4. The Labute approximate surface area is 136 Å². The van der Waals surface area contributed by atoms with Gasteiger partial charge in [0.15, 0.2) is 0 Å². The maximum atomic E-state index is 4.75. The predicted octanol–water partition coefficient (Wildman–Crippen LogP) is 3.25. The molecule has 1 aliphatic carbocycles. The van der Waals surface area contributed by atoms with Crippen LogP contribution >= 0.6 is 0 Å². The number of rotatable bonds is 4. The van der Waals surface area contributed by atoms with Gasteiger partial charge < -0.3 is 9.72 Å². The zero-order chi connectivity index (χ0) is 15.6. The van der Waals surface area contributed by atoms with Crippen LogP contribution in [-0.2, 0) is 12.8 Å². The Morgan fingerprint density at radius 2 is 2.26 bits per heavy atom. The predicted molar refractivity (Wildman–Crippen MR) is 91.6 cm³/mol. The summed E-state index contributed by atoms with van der Waals surface area (Å²) in [5.74, 6) is 0. The van der Waals surface area contributed by atoms with E-state index in [0.717, 1.165) is 30.7 Å². The molecule has 4 heteroatoms. The number of pyridine rings is 2. The molecule has 23 heavy (non-hydrogen) atoms. The fourth-order valence-corrected chi connectivity index (χ4v) is 3.52. The van der Waals surface area contributed by atoms with Crippen molar-refractivity contribution in [2.45, 2.75) is 38.6 Å². The van der Waals surface area contributed by atoms with E-state index in [2.05, 4.69) is 52.2 Å². The smallest absolute Gasteiger partial charge is 0.139 e. The van der Waals surface area contributed by atoms with E-state index in [1.54, 1.807) is 0 Å². The topological polar surface area (TPSA) is 42.2 Å². The maximum Gasteiger partial charge on any atom is 0.139 e. The van der Waals surface area contributed by atoms with Crippen LogP contribution in [0.5, 0.6) is 0 Å². The zero-order valence-corrected chi connectivity index (χ0v) is 13.5. The highest BCUT2D eigenvalue weighted by atomic mass is 15.0. The van der Waals surface area contributed by atoms with Gasteiger partial charge in [-0.1, -0.05) is 12.1 Å². The molecule has 3 heterocycles. The van der Waals surface area contributed by atoms with Crippen molar-refractivity contribution in [2.75, 3.05) is 6.54 Å². The van der Waals surface area contributed by atoms with Crippen LogP contribution in [0.4, 0.5) is 0 Å². The fraction of sp³-hybridized carbons (Fsp3) is 0.368. The van der Waals surface area contributed by atoms with Crippen molar-refractivity contribution in [3.63, 3.8) is 0 Å². The quantitative estimate of drug-likeness (QED) is 0.804. The summed E-state index contributed by atoms with van der Waals surface area (Å²) in [7, 11) is 0. The van der Waals surface area contributed by atoms with E-state index >= 15 is 0 Å². The van der Waals surface area contributed by atoms with E-state index in [0.29, 0.717) is 6.04 Å². The Balaban J connectivity index is 1.43. The summed E-state index contributed by atoms with van der Waals surface area (Å²) in [6, 6.07) is 8.87. The summed E-state index contributed by atoms with van der Waals surface area (Å²) in [6.45, 7) is 3.05. The molecular formula is C19H22N4. The first-order valence-electron chi connectivity index (χ1n) is 8.41. The molecule has 0 fully saturated rings. The number of nitrogens with one attached hydrogen (secondary N) is 1. The second-order valence-electron chi connectivity index (χ2n) is 6.34. The molecule has 0 saturated heterocycles. The molecule has 1 unspecified atom stereocenters. The van der Waals surface area contributed by atoms with Gasteiger partial charge in [-0.05, 0) is 49.4 Å². The van der Waals surface area contributed by atoms with Crippen LogP contribution in [-0.4, -0.2) is 20.9 Å². The van der Waals surface area contributed by atoms with Crippen LogP contribution in [0, 0.1) is 6.92 Å². The highest BCUT2D eigenvalue weighted by Crippen LogP contribution is 2.27. The van der Waals surface area contributed by atoms with Gasteiger partial charge in [-0.25, -0.2) is 4.98 Å². The molecule has 1 N–H and O–H groups in total. The van der Waals surface area contributed by atoms with Crippen molar-refractivity contribution in [1.29, 1.82) is 0 Å². The first-order chi connectivity index (χ1) is 11.3. The van der Waals surface area contributed by atoms with Gasteiger partial charge in [0.05, 0.1) is 5.69 Å². The summed E-state index contributed by atoms with van der Waals surface area (Å²) >= 11 is 0. The third-order valence-electron chi connectivity index (χ3n) is 4.71. The highest BCUT2D eigenvalue weighted by Gasteiger charge is 2.20. The Bertz CT molecular complexity index is 821. The van der Waals surface area contributed by atoms with Gasteiger partial charge in [-0.2, -0.15) is 0 Å². The Hall–Kier alpha value is -2.20. The average Bonchev–Trinajstić information content (AvgIpc) is 3.00. The van der Waals surface area contributed by atoms with Gasteiger partial charge >= 0.3 is 0 Å². The van der Waals surface area contributed by atoms with E-state index in [1.807, 2.05) is 12.3 Å². The molecule has 4 rings (SSSR count). The lowest BCUT2D eigenvalue weighted by atomic mass is 9.91. The number of nitrogens with zero attached hydrogens (tertiary/aromatic N) is 3. The molecule has 0 bridgehead atoms. The lowest BCUT2D eigenvalue weighted by Crippen LogP contribution is -2.27. The molecule has 0 saturated carbocycles. The summed E-state index contributed by atoms with van der Waals surface area (Å²) in [5.41, 5.74) is 6.08. The van der Waals surface area contributed by atoms with E-state index in [1.165, 1.54) is 29.7 Å². The molecule has 118 valence electrons. The average molecular weight is 306 g/mol. The van der Waals surface area contributed by atoms with E-state index in [4.69, 9.17) is 4.98 Å². The van der Waals surface area contributed by atoms with Gasteiger partial charge in [0.1, 0.15) is 5.65 Å². The van der Waals surface area contributed by atoms with Crippen LogP contribution in [0.25, 0.3) is 5.65 Å². The monoisotopic (exact) mass is 306 g/mol. The van der Waals surface area contributed by atoms with Gasteiger partial charge in [-0.15, -0.1) is 0 Å². The molecule has 0 spiro atoms. The lowest BCUT2D eigenvalue weighted by Gasteiger charge is -2.25. The van der Waals surface area contributed by atoms with Crippen molar-refractivity contribution in [2.24, 2.45) is 0 Å². The molecule has 1 atom stereocenters. The van der Waals surface area contributed by atoms with Crippen LogP contribution in [0.15, 0.2) is 42.9 Å². The molecule has 0 aliphatic heterocycles. The minimum Gasteiger partial charge on any atom is -0.309 e. The third-order valence-corrected chi connectivity index (χ3v) is 4.71. The number of fused-ring (bicyclic) bond motifs is 2. The standard InChI is InChI=1S/C19H22N4/c1-14-5-4-12-23-13-15(22-19(14)23)9-11-21-18-8-2-7-17-16(18)6-3-10-20-17/h3-6,10,12-13,18,21H,2,7-9,11H2,1H3. The Morgan fingerprint density at radius 3 is 3.17 bits per heavy atom. The zero-order valence-electron chi connectivity index (χ0n) is 13.5. The molecule has 3 aromatic rings. The number of hydrogen-bond donors (Lipinski definition) is 1. The lowest BCUT2D eigenvalue weighted by molar-refractivity contribution is 0.457. The van der Waals surface area contributed by atoms with E-state index in [-0.39, 0.29) is 0 Å². The van der Waals surface area contributed by atoms with Crippen molar-refractivity contribution in [3.8, 4) is 0 Å². The van der Waals surface area contributed by atoms with Crippen molar-refractivity contribution >= 4 is 5.65 Å². The number of hydrogen-bond acceptors (Lipinski definition) is 3. The summed E-state index contributed by atoms with van der Waals surface area (Å²) < 4.78 is 2.12. The normalized spacial score (nSPS) is 17.3. The van der Waals surface area contributed by atoms with Crippen LogP contribution in [0.2, 0.25) is 0 Å². The number of aryl methyl sites for hydroxylation is 2. The molecule has 0 aromatic carbocycles. The second kappa shape index (κ2) is 6.13. The number of aromatic nitrogens is 3. The molecule has 3 aromatic heterocycles. The van der Waals surface area contributed by atoms with Crippen molar-refractivity contribution < 1.29 is 0 Å². The van der Waals surface area contributed by atoms with Gasteiger partial charge in [0.25, 0.3) is 0 Å². The fourth-order valence-electron chi connectivity index (χ4n) is 3.52. The molecule has 1 aliphatic rings. The van der Waals surface area contributed by atoms with Crippen molar-refractivity contribution in [1.82, 2.24) is 19.7 Å². The van der Waals surface area contributed by atoms with Crippen LogP contribution in [0.1, 0.15) is 41.4 Å². The first-order valence-corrected chi connectivity index (χ1v) is 8.41. The molecular weight excluding hydrogens is 284 g/mol. The largest absolute Gasteiger partial charge is 0.309 e. The third kappa shape index (κ3) is 2.86. The van der Waals surface area contributed by atoms with Gasteiger partial charge in [0, 0.05) is 43.3 Å². The molecule has 4 nitrogen and oxygen atoms in total. The van der Waals surface area contributed by atoms with Crippen LogP contribution in [0.3, 0.4) is 0 Å².